The summed E-state index contributed by atoms with van der Waals surface area (Å²) in [6, 6.07) is 5.44. The first-order chi connectivity index (χ1) is 9.02. The van der Waals surface area contributed by atoms with E-state index in [0.29, 0.717) is 10.2 Å². The second-order valence-electron chi connectivity index (χ2n) is 4.06. The van der Waals surface area contributed by atoms with Crippen LogP contribution in [0.3, 0.4) is 0 Å². The highest BCUT2D eigenvalue weighted by Gasteiger charge is 2.15. The molecule has 1 N–H and O–H groups in total. The van der Waals surface area contributed by atoms with Crippen molar-refractivity contribution in [2.45, 2.75) is 18.1 Å². The molecular weight excluding hydrogens is 284 g/mol. The molecule has 0 aliphatic rings. The quantitative estimate of drug-likeness (QED) is 0.676. The second kappa shape index (κ2) is 5.67. The summed E-state index contributed by atoms with van der Waals surface area (Å²) in [6.07, 6.45) is 1.78. The van der Waals surface area contributed by atoms with E-state index >= 15 is 0 Å². The van der Waals surface area contributed by atoms with Crippen LogP contribution >= 0.6 is 23.4 Å². The molecule has 0 aliphatic carbocycles. The molecule has 1 unspecified atom stereocenters. The molecule has 0 fully saturated rings. The molecule has 4 nitrogen and oxygen atoms in total. The van der Waals surface area contributed by atoms with E-state index in [1.807, 2.05) is 23.6 Å². The van der Waals surface area contributed by atoms with E-state index in [1.54, 1.807) is 12.1 Å². The smallest absolute Gasteiger partial charge is 0.313 e. The Hall–Kier alpha value is -1.46. The number of carboxylic acids is 1. The lowest BCUT2D eigenvalue weighted by Gasteiger charge is -2.12. The third-order valence-corrected chi connectivity index (χ3v) is 3.86. The predicted octanol–water partition coefficient (Wildman–Crippen LogP) is 3.61. The molecule has 19 heavy (non-hydrogen) atoms. The molecule has 0 aliphatic heterocycles. The van der Waals surface area contributed by atoms with Gasteiger partial charge in [-0.1, -0.05) is 29.4 Å². The summed E-state index contributed by atoms with van der Waals surface area (Å²) in [7, 11) is 0. The number of rotatable bonds is 5. The van der Waals surface area contributed by atoms with Crippen molar-refractivity contribution in [3.63, 3.8) is 0 Å². The Bertz CT molecular complexity index is 639. The fourth-order valence-corrected chi connectivity index (χ4v) is 2.76. The predicted molar refractivity (Wildman–Crippen MR) is 78.0 cm³/mol. The van der Waals surface area contributed by atoms with Crippen LogP contribution in [0.15, 0.2) is 36.0 Å². The topological polar surface area (TPSA) is 55.1 Å². The molecule has 0 radical (unpaired) electrons. The fourth-order valence-electron chi connectivity index (χ4n) is 1.77. The number of hydrogen-bond donors (Lipinski definition) is 1. The van der Waals surface area contributed by atoms with Gasteiger partial charge in [0.05, 0.1) is 22.8 Å². The summed E-state index contributed by atoms with van der Waals surface area (Å²) in [5, 5.41) is 10.1. The maximum atomic E-state index is 10.7. The Morgan fingerprint density at radius 3 is 3.05 bits per heavy atom. The molecule has 0 bridgehead atoms. The van der Waals surface area contributed by atoms with Crippen molar-refractivity contribution in [1.82, 2.24) is 9.55 Å². The first-order valence-electron chi connectivity index (χ1n) is 5.67. The van der Waals surface area contributed by atoms with Gasteiger partial charge in [0.2, 0.25) is 0 Å². The van der Waals surface area contributed by atoms with Crippen molar-refractivity contribution < 1.29 is 9.90 Å². The number of thioether (sulfide) groups is 1. The first kappa shape index (κ1) is 14.0. The average molecular weight is 297 g/mol. The van der Waals surface area contributed by atoms with Crippen LogP contribution in [-0.2, 0) is 4.79 Å². The molecule has 2 rings (SSSR count). The molecule has 0 saturated heterocycles. The van der Waals surface area contributed by atoms with Crippen LogP contribution in [0.2, 0.25) is 5.02 Å². The highest BCUT2D eigenvalue weighted by Crippen LogP contribution is 2.29. The molecule has 0 amide bonds. The zero-order chi connectivity index (χ0) is 14.0. The highest BCUT2D eigenvalue weighted by atomic mass is 35.5. The first-order valence-corrected chi connectivity index (χ1v) is 7.04. The van der Waals surface area contributed by atoms with Gasteiger partial charge in [-0.3, -0.25) is 4.79 Å². The van der Waals surface area contributed by atoms with E-state index in [4.69, 9.17) is 16.7 Å². The van der Waals surface area contributed by atoms with E-state index in [9.17, 15) is 4.79 Å². The highest BCUT2D eigenvalue weighted by molar-refractivity contribution is 7.99. The van der Waals surface area contributed by atoms with Crippen molar-refractivity contribution in [2.24, 2.45) is 0 Å². The molecule has 100 valence electrons. The lowest BCUT2D eigenvalue weighted by atomic mass is 10.3. The Morgan fingerprint density at radius 2 is 2.42 bits per heavy atom. The van der Waals surface area contributed by atoms with Crippen LogP contribution in [-0.4, -0.2) is 26.4 Å². The summed E-state index contributed by atoms with van der Waals surface area (Å²) in [5.41, 5.74) is 1.68. The van der Waals surface area contributed by atoms with E-state index in [-0.39, 0.29) is 11.8 Å². The standard InChI is InChI=1S/C13H13ClN2O2S/c1-3-8(2)16-11-6-9(14)4-5-10(11)15-13(16)19-7-12(17)18/h3-6,8H,1,7H2,2H3,(H,17,18). The van der Waals surface area contributed by atoms with Gasteiger partial charge in [-0.15, -0.1) is 6.58 Å². The molecule has 1 heterocycles. The van der Waals surface area contributed by atoms with Gasteiger partial charge in [-0.05, 0) is 25.1 Å². The maximum Gasteiger partial charge on any atom is 0.313 e. The van der Waals surface area contributed by atoms with Gasteiger partial charge in [0.25, 0.3) is 0 Å². The number of benzene rings is 1. The number of imidazole rings is 1. The molecule has 1 aromatic heterocycles. The molecular formula is C13H13ClN2O2S. The number of nitrogens with zero attached hydrogens (tertiary/aromatic N) is 2. The molecule has 0 spiro atoms. The zero-order valence-electron chi connectivity index (χ0n) is 10.3. The van der Waals surface area contributed by atoms with Gasteiger partial charge in [0.1, 0.15) is 0 Å². The average Bonchev–Trinajstić information content (AvgIpc) is 2.73. The van der Waals surface area contributed by atoms with Crippen LogP contribution in [0.4, 0.5) is 0 Å². The van der Waals surface area contributed by atoms with Crippen LogP contribution in [0.25, 0.3) is 11.0 Å². The van der Waals surface area contributed by atoms with Crippen molar-refractivity contribution in [2.75, 3.05) is 5.75 Å². The van der Waals surface area contributed by atoms with Crippen LogP contribution in [0.5, 0.6) is 0 Å². The van der Waals surface area contributed by atoms with Crippen molar-refractivity contribution in [1.29, 1.82) is 0 Å². The molecule has 0 saturated carbocycles. The molecule has 2 aromatic rings. The SMILES string of the molecule is C=CC(C)n1c(SCC(=O)O)nc2ccc(Cl)cc21. The minimum atomic E-state index is -0.868. The summed E-state index contributed by atoms with van der Waals surface area (Å²) < 4.78 is 1.95. The summed E-state index contributed by atoms with van der Waals surface area (Å²) in [4.78, 5) is 15.1. The number of carbonyl (C=O) groups is 1. The second-order valence-corrected chi connectivity index (χ2v) is 5.44. The third kappa shape index (κ3) is 2.93. The van der Waals surface area contributed by atoms with Gasteiger partial charge in [-0.25, -0.2) is 4.98 Å². The van der Waals surface area contributed by atoms with E-state index in [0.717, 1.165) is 11.0 Å². The largest absolute Gasteiger partial charge is 0.481 e. The van der Waals surface area contributed by atoms with Crippen LogP contribution in [0.1, 0.15) is 13.0 Å². The van der Waals surface area contributed by atoms with Gasteiger partial charge in [0.15, 0.2) is 5.16 Å². The maximum absolute atomic E-state index is 10.7. The Labute approximate surface area is 120 Å². The number of fused-ring (bicyclic) bond motifs is 1. The van der Waals surface area contributed by atoms with E-state index in [1.165, 1.54) is 11.8 Å². The summed E-state index contributed by atoms with van der Waals surface area (Å²) >= 11 is 7.20. The lowest BCUT2D eigenvalue weighted by molar-refractivity contribution is -0.133. The Morgan fingerprint density at radius 1 is 1.68 bits per heavy atom. The zero-order valence-corrected chi connectivity index (χ0v) is 11.9. The number of carboxylic acid groups (broad SMARTS) is 1. The van der Waals surface area contributed by atoms with Gasteiger partial charge in [-0.2, -0.15) is 0 Å². The van der Waals surface area contributed by atoms with E-state index < -0.39 is 5.97 Å². The molecule has 6 heteroatoms. The summed E-state index contributed by atoms with van der Waals surface area (Å²) in [6.45, 7) is 5.75. The number of aromatic nitrogens is 2. The monoisotopic (exact) mass is 296 g/mol. The minimum absolute atomic E-state index is 0.0137. The number of aliphatic carboxylic acids is 1. The molecule has 1 atom stereocenters. The number of hydrogen-bond acceptors (Lipinski definition) is 3. The fraction of sp³-hybridized carbons (Fsp3) is 0.231. The van der Waals surface area contributed by atoms with Crippen LogP contribution in [0, 0.1) is 0 Å². The van der Waals surface area contributed by atoms with Crippen molar-refractivity contribution in [3.05, 3.63) is 35.9 Å². The molecule has 1 aromatic carbocycles. The number of halogens is 1. The van der Waals surface area contributed by atoms with Crippen molar-refractivity contribution in [3.8, 4) is 0 Å². The third-order valence-electron chi connectivity index (χ3n) is 2.69. The van der Waals surface area contributed by atoms with Gasteiger partial charge < -0.3 is 9.67 Å². The Balaban J connectivity index is 2.54. The Kier molecular flexibility index (Phi) is 4.17. The normalized spacial score (nSPS) is 12.5. The number of allylic oxidation sites excluding steroid dienone is 1. The minimum Gasteiger partial charge on any atom is -0.481 e. The van der Waals surface area contributed by atoms with Crippen LogP contribution < -0.4 is 0 Å². The summed E-state index contributed by atoms with van der Waals surface area (Å²) in [5.74, 6) is -0.895. The van der Waals surface area contributed by atoms with Crippen molar-refractivity contribution >= 4 is 40.4 Å². The van der Waals surface area contributed by atoms with Gasteiger partial charge >= 0.3 is 5.97 Å². The van der Waals surface area contributed by atoms with Gasteiger partial charge in [0, 0.05) is 5.02 Å². The lowest BCUT2D eigenvalue weighted by Crippen LogP contribution is -2.06. The van der Waals surface area contributed by atoms with E-state index in [2.05, 4.69) is 11.6 Å².